The van der Waals surface area contributed by atoms with Crippen LogP contribution in [0.15, 0.2) is 35.8 Å². The Kier molecular flexibility index (Phi) is 10.7. The molecule has 6 aliphatic rings. The summed E-state index contributed by atoms with van der Waals surface area (Å²) in [5.74, 6) is -0.620. The maximum atomic E-state index is 14.9. The van der Waals surface area contributed by atoms with Crippen LogP contribution in [0.3, 0.4) is 0 Å². The average Bonchev–Trinajstić information content (AvgIpc) is 3.82. The third-order valence-electron chi connectivity index (χ3n) is 15.1. The van der Waals surface area contributed by atoms with Gasteiger partial charge in [0.2, 0.25) is 5.91 Å². The number of Topliss-reactive ketones (excluding diaryl/α,β-unsaturated/α-hetero) is 1. The van der Waals surface area contributed by atoms with Crippen molar-refractivity contribution in [3.8, 4) is 22.5 Å². The van der Waals surface area contributed by atoms with Crippen molar-refractivity contribution in [3.63, 3.8) is 0 Å². The zero-order chi connectivity index (χ0) is 43.3. The summed E-state index contributed by atoms with van der Waals surface area (Å²) in [6.07, 6.45) is 4.77. The van der Waals surface area contributed by atoms with E-state index in [4.69, 9.17) is 19.4 Å². The number of carbonyl (C=O) groups is 3. The van der Waals surface area contributed by atoms with E-state index in [1.165, 1.54) is 23.1 Å². The molecule has 4 fully saturated rings. The van der Waals surface area contributed by atoms with Crippen LogP contribution in [0.4, 0.5) is 5.69 Å². The molecule has 1 amide bonds. The van der Waals surface area contributed by atoms with E-state index in [9.17, 15) is 19.5 Å². The third kappa shape index (κ3) is 6.49. The molecule has 15 heteroatoms. The molecule has 6 bridgehead atoms. The Labute approximate surface area is 371 Å². The number of carbonyl (C=O) groups excluding carboxylic acids is 3. The molecule has 4 aliphatic heterocycles. The number of rotatable bonds is 7. The fraction of sp³-hybridized carbons (Fsp3) is 0.596. The van der Waals surface area contributed by atoms with E-state index in [0.29, 0.717) is 44.4 Å². The van der Waals surface area contributed by atoms with Crippen LogP contribution in [-0.2, 0) is 42.4 Å². The molecule has 3 saturated heterocycles. The highest BCUT2D eigenvalue weighted by Crippen LogP contribution is 2.61. The molecule has 7 heterocycles. The third-order valence-corrected chi connectivity index (χ3v) is 17.6. The van der Waals surface area contributed by atoms with Crippen molar-refractivity contribution in [1.82, 2.24) is 29.9 Å². The van der Waals surface area contributed by atoms with E-state index in [-0.39, 0.29) is 42.7 Å². The van der Waals surface area contributed by atoms with Crippen molar-refractivity contribution < 1.29 is 29.0 Å². The summed E-state index contributed by atoms with van der Waals surface area (Å²) < 4.78 is 15.7. The number of nitrogens with zero attached hydrogens (tertiary/aromatic N) is 6. The van der Waals surface area contributed by atoms with Crippen molar-refractivity contribution in [1.29, 1.82) is 0 Å². The van der Waals surface area contributed by atoms with Crippen LogP contribution in [-0.4, -0.2) is 124 Å². The first-order valence-electron chi connectivity index (χ1n) is 22.5. The number of ketones is 1. The van der Waals surface area contributed by atoms with E-state index in [2.05, 4.69) is 84.2 Å². The second-order valence-corrected chi connectivity index (χ2v) is 21.2. The number of benzene rings is 1. The van der Waals surface area contributed by atoms with Crippen molar-refractivity contribution in [2.24, 2.45) is 22.7 Å². The van der Waals surface area contributed by atoms with Gasteiger partial charge < -0.3 is 28.9 Å². The molecule has 4 aromatic rings. The average molecular weight is 882 g/mol. The minimum absolute atomic E-state index is 0.0270. The summed E-state index contributed by atoms with van der Waals surface area (Å²) in [7, 11) is 3.96. The summed E-state index contributed by atoms with van der Waals surface area (Å²) in [6.45, 7) is 13.8. The minimum atomic E-state index is -1.02. The molecule has 2 unspecified atom stereocenters. The lowest BCUT2D eigenvalue weighted by molar-refractivity contribution is -0.160. The Hall–Kier alpha value is -3.86. The monoisotopic (exact) mass is 881 g/mol. The standard InChI is InChI=1S/C47H59N7O6S2/c1-7-47(59-6)40-37-31-18-27(11-12-35(31)53(8-2)38(37)32-20-29(22-48-41(32)47)52-16-14-51(5)15-17-52)34-24-61-36(49-34)21-46(26-62-42(46)39(56)30-19-28(30)23-55)44(58)54-13-9-10-33(50-54)43(57)60-25-45(40,3)4/h11-12,18,20,22,24,28,30,33,40,42,50,55H,7-10,13-17,19,21,23,25-26H2,1-6H3/t28-,30+,33+,40?,42?,46+,47+/m1/s1. The molecule has 0 radical (unpaired) electrons. The van der Waals surface area contributed by atoms with Crippen molar-refractivity contribution in [3.05, 3.63) is 52.1 Å². The van der Waals surface area contributed by atoms with Gasteiger partial charge in [0.15, 0.2) is 0 Å². The summed E-state index contributed by atoms with van der Waals surface area (Å²) in [5.41, 5.74) is 9.01. The molecule has 330 valence electrons. The number of fused-ring (bicyclic) bond motifs is 8. The SMILES string of the molecule is CCn1c2c3c4cc(ccc41)-c1csc(n1)C[C@@]1(CSC1C(=O)[C@H]1C[C@@H]1CO)C(=O)N1CCC[C@H](N1)C(=O)OCC(C)(C)C3[C@](CC)(OC)c1ncc(N3CCN(C)CC3)cc1-2. The van der Waals surface area contributed by atoms with Gasteiger partial charge in [0.25, 0.3) is 0 Å². The lowest BCUT2D eigenvalue weighted by Gasteiger charge is -2.50. The normalized spacial score (nSPS) is 30.8. The van der Waals surface area contributed by atoms with Gasteiger partial charge in [-0.25, -0.2) is 10.4 Å². The number of thiazole rings is 1. The van der Waals surface area contributed by atoms with Crippen LogP contribution >= 0.6 is 23.1 Å². The summed E-state index contributed by atoms with van der Waals surface area (Å²) >= 11 is 3.05. The van der Waals surface area contributed by atoms with E-state index in [1.807, 2.05) is 6.20 Å². The van der Waals surface area contributed by atoms with Gasteiger partial charge in [0.1, 0.15) is 17.4 Å². The fourth-order valence-electron chi connectivity index (χ4n) is 11.5. The molecular formula is C47H59N7O6S2. The number of amides is 1. The Morgan fingerprint density at radius 3 is 2.61 bits per heavy atom. The highest BCUT2D eigenvalue weighted by atomic mass is 32.2. The summed E-state index contributed by atoms with van der Waals surface area (Å²) in [5, 5.41) is 14.9. The van der Waals surface area contributed by atoms with Gasteiger partial charge in [-0.1, -0.05) is 26.8 Å². The number of aromatic nitrogens is 3. The number of hydrogen-bond donors (Lipinski definition) is 2. The molecule has 10 rings (SSSR count). The molecule has 7 atom stereocenters. The van der Waals surface area contributed by atoms with Crippen molar-refractivity contribution in [2.45, 2.75) is 89.2 Å². The summed E-state index contributed by atoms with van der Waals surface area (Å²) in [4.78, 5) is 58.6. The molecule has 2 N–H and O–H groups in total. The number of pyridine rings is 1. The number of methoxy groups -OCH3 is 1. The Balaban J connectivity index is 1.15. The van der Waals surface area contributed by atoms with Gasteiger partial charge in [0, 0.05) is 110 Å². The van der Waals surface area contributed by atoms with Crippen molar-refractivity contribution >= 4 is 57.3 Å². The van der Waals surface area contributed by atoms with Crippen LogP contribution < -0.4 is 10.3 Å². The number of piperazine rings is 1. The number of hydrogen-bond acceptors (Lipinski definition) is 13. The van der Waals surface area contributed by atoms with Crippen LogP contribution in [0, 0.1) is 22.7 Å². The van der Waals surface area contributed by atoms with E-state index in [1.54, 1.807) is 12.1 Å². The second-order valence-electron chi connectivity index (χ2n) is 19.2. The molecule has 2 aliphatic carbocycles. The lowest BCUT2D eigenvalue weighted by atomic mass is 9.60. The molecule has 3 aromatic heterocycles. The smallest absolute Gasteiger partial charge is 0.324 e. The lowest BCUT2D eigenvalue weighted by Crippen LogP contribution is -2.66. The molecular weight excluding hydrogens is 823 g/mol. The first-order chi connectivity index (χ1) is 29.9. The Bertz CT molecular complexity index is 2440. The number of nitrogens with one attached hydrogen (secondary N) is 1. The molecule has 13 nitrogen and oxygen atoms in total. The predicted molar refractivity (Wildman–Crippen MR) is 242 cm³/mol. The number of likely N-dealkylation sites (N-methyl/N-ethyl adjacent to an activating group) is 1. The topological polar surface area (TPSA) is 142 Å². The second kappa shape index (κ2) is 15.7. The minimum Gasteiger partial charge on any atom is -0.464 e. The number of anilines is 1. The van der Waals surface area contributed by atoms with Crippen LogP contribution in [0.2, 0.25) is 0 Å². The number of esters is 1. The maximum absolute atomic E-state index is 14.9. The molecule has 1 saturated carbocycles. The first kappa shape index (κ1) is 42.1. The van der Waals surface area contributed by atoms with Gasteiger partial charge >= 0.3 is 5.97 Å². The number of thioether (sulfide) groups is 1. The Morgan fingerprint density at radius 2 is 1.92 bits per heavy atom. The Morgan fingerprint density at radius 1 is 1.11 bits per heavy atom. The van der Waals surface area contributed by atoms with Gasteiger partial charge in [0.05, 0.1) is 51.2 Å². The number of hydrazine groups is 1. The van der Waals surface area contributed by atoms with Crippen LogP contribution in [0.5, 0.6) is 0 Å². The fourth-order valence-corrected chi connectivity index (χ4v) is 13.9. The maximum Gasteiger partial charge on any atom is 0.324 e. The van der Waals surface area contributed by atoms with Gasteiger partial charge in [-0.05, 0) is 69.3 Å². The molecule has 1 aromatic carbocycles. The first-order valence-corrected chi connectivity index (χ1v) is 24.4. The highest BCUT2D eigenvalue weighted by molar-refractivity contribution is 8.02. The predicted octanol–water partition coefficient (Wildman–Crippen LogP) is 5.87. The zero-order valence-electron chi connectivity index (χ0n) is 36.7. The van der Waals surface area contributed by atoms with Crippen LogP contribution in [0.1, 0.15) is 75.6 Å². The molecule has 62 heavy (non-hydrogen) atoms. The van der Waals surface area contributed by atoms with E-state index in [0.717, 1.165) is 88.1 Å². The van der Waals surface area contributed by atoms with Gasteiger partial charge in [-0.15, -0.1) is 23.1 Å². The largest absolute Gasteiger partial charge is 0.464 e. The number of ether oxygens (including phenoxy) is 2. The number of cyclic esters (lactones) is 1. The van der Waals surface area contributed by atoms with Gasteiger partial charge in [-0.2, -0.15) is 0 Å². The van der Waals surface area contributed by atoms with E-state index >= 15 is 0 Å². The zero-order valence-corrected chi connectivity index (χ0v) is 38.4. The number of aliphatic hydroxyl groups excluding tert-OH is 1. The van der Waals surface area contributed by atoms with Crippen LogP contribution in [0.25, 0.3) is 33.4 Å². The number of aliphatic hydroxyl groups is 1. The van der Waals surface area contributed by atoms with Gasteiger partial charge in [-0.3, -0.25) is 24.4 Å². The molecule has 1 spiro atoms. The van der Waals surface area contributed by atoms with E-state index < -0.39 is 33.7 Å². The van der Waals surface area contributed by atoms with Crippen molar-refractivity contribution in [2.75, 3.05) is 70.7 Å². The number of aryl methyl sites for hydroxylation is 1. The quantitative estimate of drug-likeness (QED) is 0.215. The summed E-state index contributed by atoms with van der Waals surface area (Å²) in [6, 6.07) is 8.23. The highest BCUT2D eigenvalue weighted by Gasteiger charge is 2.62.